The maximum atomic E-state index is 5.28. The number of nitrogens with zero attached hydrogens (tertiary/aromatic N) is 2. The monoisotopic (exact) mass is 239 g/mol. The van der Waals surface area contributed by atoms with Crippen molar-refractivity contribution >= 4 is 12.2 Å². The Morgan fingerprint density at radius 3 is 2.62 bits per heavy atom. The summed E-state index contributed by atoms with van der Waals surface area (Å²) in [5, 5.41) is 0. The van der Waals surface area contributed by atoms with E-state index in [9.17, 15) is 0 Å². The molecule has 1 aromatic rings. The topological polar surface area (TPSA) is 24.0 Å². The highest BCUT2D eigenvalue weighted by atomic mass is 32.1. The second kappa shape index (κ2) is 5.15. The molecule has 2 heterocycles. The molecular formula is C12H21N3S. The molecule has 0 aromatic carbocycles. The molecule has 3 nitrogen and oxygen atoms in total. The average Bonchev–Trinajstić information content (AvgIpc) is 2.62. The molecule has 0 unspecified atom stereocenters. The summed E-state index contributed by atoms with van der Waals surface area (Å²) in [6.45, 7) is 9.14. The molecule has 90 valence electrons. The van der Waals surface area contributed by atoms with Gasteiger partial charge >= 0.3 is 0 Å². The van der Waals surface area contributed by atoms with Gasteiger partial charge in [0.05, 0.1) is 0 Å². The molecule has 0 radical (unpaired) electrons. The van der Waals surface area contributed by atoms with Crippen LogP contribution in [0.5, 0.6) is 0 Å². The van der Waals surface area contributed by atoms with Crippen LogP contribution in [0.2, 0.25) is 0 Å². The Kier molecular flexibility index (Phi) is 3.82. The Bertz CT molecular complexity index is 385. The zero-order valence-corrected chi connectivity index (χ0v) is 11.0. The molecule has 1 fully saturated rings. The van der Waals surface area contributed by atoms with Crippen LogP contribution >= 0.6 is 12.2 Å². The third-order valence-electron chi connectivity index (χ3n) is 3.67. The number of hydrogen-bond donors (Lipinski definition) is 1. The van der Waals surface area contributed by atoms with Gasteiger partial charge in [0.1, 0.15) is 0 Å². The second-order valence-electron chi connectivity index (χ2n) is 4.72. The van der Waals surface area contributed by atoms with E-state index in [-0.39, 0.29) is 0 Å². The molecule has 1 saturated heterocycles. The summed E-state index contributed by atoms with van der Waals surface area (Å²) in [7, 11) is 0. The fourth-order valence-corrected chi connectivity index (χ4v) is 2.73. The number of aromatic amines is 1. The van der Waals surface area contributed by atoms with Gasteiger partial charge in [-0.15, -0.1) is 0 Å². The van der Waals surface area contributed by atoms with Gasteiger partial charge in [-0.1, -0.05) is 6.92 Å². The number of hydrogen-bond acceptors (Lipinski definition) is 2. The molecule has 0 aliphatic carbocycles. The lowest BCUT2D eigenvalue weighted by atomic mass is 9.97. The Labute approximate surface area is 102 Å². The molecule has 1 N–H and O–H groups in total. The third kappa shape index (κ3) is 2.55. The van der Waals surface area contributed by atoms with Crippen molar-refractivity contribution < 1.29 is 0 Å². The van der Waals surface area contributed by atoms with Gasteiger partial charge in [0.15, 0.2) is 4.77 Å². The van der Waals surface area contributed by atoms with Gasteiger partial charge in [0.2, 0.25) is 0 Å². The zero-order chi connectivity index (χ0) is 11.5. The molecular weight excluding hydrogens is 218 g/mol. The first-order chi connectivity index (χ1) is 7.70. The van der Waals surface area contributed by atoms with Crippen molar-refractivity contribution in [3.63, 3.8) is 0 Å². The lowest BCUT2D eigenvalue weighted by molar-refractivity contribution is 0.180. The lowest BCUT2D eigenvalue weighted by Crippen LogP contribution is -2.34. The van der Waals surface area contributed by atoms with Crippen LogP contribution in [0.25, 0.3) is 0 Å². The highest BCUT2D eigenvalue weighted by molar-refractivity contribution is 7.71. The van der Waals surface area contributed by atoms with E-state index < -0.39 is 0 Å². The minimum absolute atomic E-state index is 0.795. The van der Waals surface area contributed by atoms with E-state index in [4.69, 9.17) is 12.2 Å². The molecule has 16 heavy (non-hydrogen) atoms. The van der Waals surface area contributed by atoms with Crippen LogP contribution in [0, 0.1) is 17.6 Å². The number of likely N-dealkylation sites (tertiary alicyclic amines) is 1. The molecule has 0 spiro atoms. The normalized spacial score (nSPS) is 19.1. The van der Waals surface area contributed by atoms with Gasteiger partial charge in [0.25, 0.3) is 0 Å². The van der Waals surface area contributed by atoms with Crippen LogP contribution in [0.4, 0.5) is 0 Å². The first-order valence-corrected chi connectivity index (χ1v) is 6.58. The van der Waals surface area contributed by atoms with Crippen molar-refractivity contribution in [2.75, 3.05) is 19.6 Å². The van der Waals surface area contributed by atoms with Crippen LogP contribution in [0.3, 0.4) is 0 Å². The summed E-state index contributed by atoms with van der Waals surface area (Å²) in [4.78, 5) is 5.64. The Morgan fingerprint density at radius 2 is 2.12 bits per heavy atom. The van der Waals surface area contributed by atoms with Gasteiger partial charge < -0.3 is 14.5 Å². The van der Waals surface area contributed by atoms with Gasteiger partial charge in [-0.3, -0.25) is 0 Å². The second-order valence-corrected chi connectivity index (χ2v) is 5.11. The minimum Gasteiger partial charge on any atom is -0.337 e. The van der Waals surface area contributed by atoms with Gasteiger partial charge in [-0.05, 0) is 57.5 Å². The number of H-pyrrole nitrogens is 1. The van der Waals surface area contributed by atoms with Crippen LogP contribution in [-0.4, -0.2) is 34.1 Å². The molecule has 0 saturated carbocycles. The van der Waals surface area contributed by atoms with E-state index in [1.807, 2.05) is 6.20 Å². The van der Waals surface area contributed by atoms with E-state index >= 15 is 0 Å². The SMILES string of the molecule is CCN1CCC(Cn2c(C)c[nH]c2=S)CC1. The van der Waals surface area contributed by atoms with Crippen molar-refractivity contribution in [3.8, 4) is 0 Å². The fourth-order valence-electron chi connectivity index (χ4n) is 2.45. The Morgan fingerprint density at radius 1 is 1.44 bits per heavy atom. The number of piperidine rings is 1. The molecule has 2 rings (SSSR count). The summed E-state index contributed by atoms with van der Waals surface area (Å²) in [5.74, 6) is 0.795. The van der Waals surface area contributed by atoms with E-state index in [1.54, 1.807) is 0 Å². The molecule has 0 bridgehead atoms. The van der Waals surface area contributed by atoms with Crippen LogP contribution in [-0.2, 0) is 6.54 Å². The average molecular weight is 239 g/mol. The van der Waals surface area contributed by atoms with Crippen molar-refractivity contribution in [3.05, 3.63) is 16.7 Å². The molecule has 1 aliphatic heterocycles. The van der Waals surface area contributed by atoms with Crippen LogP contribution < -0.4 is 0 Å². The van der Waals surface area contributed by atoms with E-state index in [0.29, 0.717) is 0 Å². The standard InChI is InChI=1S/C12H21N3S/c1-3-14-6-4-11(5-7-14)9-15-10(2)8-13-12(15)16/h8,11H,3-7,9H2,1-2H3,(H,13,16). The molecule has 1 aromatic heterocycles. The summed E-state index contributed by atoms with van der Waals surface area (Å²) in [6, 6.07) is 0. The molecule has 0 amide bonds. The van der Waals surface area contributed by atoms with Crippen molar-refractivity contribution in [1.82, 2.24) is 14.5 Å². The Balaban J connectivity index is 1.94. The van der Waals surface area contributed by atoms with E-state index in [1.165, 1.54) is 38.2 Å². The first-order valence-electron chi connectivity index (χ1n) is 6.18. The number of aromatic nitrogens is 2. The van der Waals surface area contributed by atoms with E-state index in [0.717, 1.165) is 17.2 Å². The number of imidazole rings is 1. The first kappa shape index (κ1) is 11.9. The smallest absolute Gasteiger partial charge is 0.177 e. The molecule has 0 atom stereocenters. The number of rotatable bonds is 3. The summed E-state index contributed by atoms with van der Waals surface area (Å²) >= 11 is 5.28. The number of nitrogens with one attached hydrogen (secondary N) is 1. The lowest BCUT2D eigenvalue weighted by Gasteiger charge is -2.31. The minimum atomic E-state index is 0.795. The maximum Gasteiger partial charge on any atom is 0.177 e. The Hall–Kier alpha value is -0.610. The molecule has 4 heteroatoms. The highest BCUT2D eigenvalue weighted by Crippen LogP contribution is 2.19. The summed E-state index contributed by atoms with van der Waals surface area (Å²) < 4.78 is 3.11. The van der Waals surface area contributed by atoms with Crippen LogP contribution in [0.1, 0.15) is 25.5 Å². The van der Waals surface area contributed by atoms with Crippen molar-refractivity contribution in [2.45, 2.75) is 33.2 Å². The van der Waals surface area contributed by atoms with E-state index in [2.05, 4.69) is 28.3 Å². The van der Waals surface area contributed by atoms with Gasteiger partial charge in [-0.2, -0.15) is 0 Å². The van der Waals surface area contributed by atoms with Gasteiger partial charge in [0, 0.05) is 18.4 Å². The predicted molar refractivity (Wildman–Crippen MR) is 69.2 cm³/mol. The van der Waals surface area contributed by atoms with Gasteiger partial charge in [-0.25, -0.2) is 0 Å². The van der Waals surface area contributed by atoms with Crippen molar-refractivity contribution in [2.24, 2.45) is 5.92 Å². The zero-order valence-electron chi connectivity index (χ0n) is 10.2. The largest absolute Gasteiger partial charge is 0.337 e. The molecule has 1 aliphatic rings. The third-order valence-corrected chi connectivity index (χ3v) is 4.01. The number of aryl methyl sites for hydroxylation is 1. The fraction of sp³-hybridized carbons (Fsp3) is 0.750. The van der Waals surface area contributed by atoms with Crippen LogP contribution in [0.15, 0.2) is 6.20 Å². The highest BCUT2D eigenvalue weighted by Gasteiger charge is 2.18. The maximum absolute atomic E-state index is 5.28. The van der Waals surface area contributed by atoms with Crippen molar-refractivity contribution in [1.29, 1.82) is 0 Å². The summed E-state index contributed by atoms with van der Waals surface area (Å²) in [5.41, 5.74) is 1.25. The predicted octanol–water partition coefficient (Wildman–Crippen LogP) is 2.59. The quantitative estimate of drug-likeness (QED) is 0.820. The summed E-state index contributed by atoms with van der Waals surface area (Å²) in [6.07, 6.45) is 4.62.